The Morgan fingerprint density at radius 3 is 2.96 bits per heavy atom. The van der Waals surface area contributed by atoms with Crippen LogP contribution in [0.3, 0.4) is 0 Å². The van der Waals surface area contributed by atoms with E-state index in [-0.39, 0.29) is 24.4 Å². The van der Waals surface area contributed by atoms with Gasteiger partial charge in [-0.3, -0.25) is 4.79 Å². The fourth-order valence-corrected chi connectivity index (χ4v) is 3.29. The second-order valence-electron chi connectivity index (χ2n) is 6.76. The normalized spacial score (nSPS) is 20.7. The molecule has 4 rings (SSSR count). The van der Waals surface area contributed by atoms with Crippen LogP contribution in [0, 0.1) is 5.82 Å². The number of carbonyl (C=O) groups excluding carboxylic acids is 1. The number of nitrogens with zero attached hydrogens (tertiary/aromatic N) is 2. The minimum absolute atomic E-state index is 0.0930. The number of ether oxygens (including phenoxy) is 1. The van der Waals surface area contributed by atoms with Gasteiger partial charge in [0.05, 0.1) is 18.4 Å². The van der Waals surface area contributed by atoms with Crippen molar-refractivity contribution < 1.29 is 18.3 Å². The van der Waals surface area contributed by atoms with Crippen molar-refractivity contribution in [3.8, 4) is 0 Å². The summed E-state index contributed by atoms with van der Waals surface area (Å²) in [6, 6.07) is 6.60. The molecule has 1 amide bonds. The first-order valence-electron chi connectivity index (χ1n) is 8.80. The number of rotatable bonds is 5. The predicted molar refractivity (Wildman–Crippen MR) is 88.6 cm³/mol. The SMILES string of the molecule is O=C(c1ocnc1C1CC1)N1CCC[C@H](OCc2ccccc2F)C1. The highest BCUT2D eigenvalue weighted by Crippen LogP contribution is 2.41. The minimum Gasteiger partial charge on any atom is -0.438 e. The summed E-state index contributed by atoms with van der Waals surface area (Å²) in [5.74, 6) is 0.369. The molecular formula is C19H21FN2O3. The van der Waals surface area contributed by atoms with Crippen LogP contribution in [0.1, 0.15) is 53.4 Å². The molecule has 2 aromatic rings. The molecule has 6 heteroatoms. The number of amides is 1. The van der Waals surface area contributed by atoms with Gasteiger partial charge in [0, 0.05) is 24.6 Å². The summed E-state index contributed by atoms with van der Waals surface area (Å²) >= 11 is 0. The quantitative estimate of drug-likeness (QED) is 0.833. The molecule has 1 aromatic heterocycles. The molecule has 0 spiro atoms. The summed E-state index contributed by atoms with van der Waals surface area (Å²) in [5, 5.41) is 0. The van der Waals surface area contributed by atoms with Gasteiger partial charge in [-0.15, -0.1) is 0 Å². The minimum atomic E-state index is -0.262. The molecule has 25 heavy (non-hydrogen) atoms. The molecule has 2 heterocycles. The number of piperidine rings is 1. The number of aromatic nitrogens is 1. The van der Waals surface area contributed by atoms with Gasteiger partial charge in [0.15, 0.2) is 6.39 Å². The van der Waals surface area contributed by atoms with Crippen LogP contribution >= 0.6 is 0 Å². The van der Waals surface area contributed by atoms with Crippen LogP contribution in [0.4, 0.5) is 4.39 Å². The van der Waals surface area contributed by atoms with Crippen LogP contribution in [-0.4, -0.2) is 35.0 Å². The Balaban J connectivity index is 1.38. The van der Waals surface area contributed by atoms with Crippen LogP contribution in [0.5, 0.6) is 0 Å². The molecule has 132 valence electrons. The second kappa shape index (κ2) is 6.96. The third-order valence-electron chi connectivity index (χ3n) is 4.85. The predicted octanol–water partition coefficient (Wildman–Crippen LogP) is 3.51. The Morgan fingerprint density at radius 1 is 1.32 bits per heavy atom. The summed E-state index contributed by atoms with van der Waals surface area (Å²) in [4.78, 5) is 18.7. The zero-order valence-corrected chi connectivity index (χ0v) is 14.0. The van der Waals surface area contributed by atoms with Crippen LogP contribution < -0.4 is 0 Å². The first-order valence-corrected chi connectivity index (χ1v) is 8.80. The molecule has 1 saturated heterocycles. The summed E-state index contributed by atoms with van der Waals surface area (Å²) in [6.45, 7) is 1.40. The Kier molecular flexibility index (Phi) is 4.53. The molecule has 1 aromatic carbocycles. The molecular weight excluding hydrogens is 323 g/mol. The zero-order chi connectivity index (χ0) is 17.2. The molecule has 1 saturated carbocycles. The number of hydrogen-bond acceptors (Lipinski definition) is 4. The summed E-state index contributed by atoms with van der Waals surface area (Å²) < 4.78 is 24.9. The smallest absolute Gasteiger partial charge is 0.291 e. The molecule has 5 nitrogen and oxygen atoms in total. The van der Waals surface area contributed by atoms with E-state index in [1.807, 2.05) is 0 Å². The zero-order valence-electron chi connectivity index (χ0n) is 14.0. The Morgan fingerprint density at radius 2 is 2.16 bits per heavy atom. The third-order valence-corrected chi connectivity index (χ3v) is 4.85. The maximum atomic E-state index is 13.7. The highest BCUT2D eigenvalue weighted by atomic mass is 19.1. The lowest BCUT2D eigenvalue weighted by Crippen LogP contribution is -2.43. The number of halogens is 1. The molecule has 0 radical (unpaired) electrons. The third kappa shape index (κ3) is 3.58. The average Bonchev–Trinajstić information content (AvgIpc) is 3.37. The van der Waals surface area contributed by atoms with E-state index in [1.165, 1.54) is 12.5 Å². The van der Waals surface area contributed by atoms with Crippen LogP contribution in [0.25, 0.3) is 0 Å². The van der Waals surface area contributed by atoms with Gasteiger partial charge in [0.2, 0.25) is 5.76 Å². The van der Waals surface area contributed by atoms with Gasteiger partial charge in [-0.25, -0.2) is 9.37 Å². The van der Waals surface area contributed by atoms with Gasteiger partial charge in [-0.2, -0.15) is 0 Å². The fraction of sp³-hybridized carbons (Fsp3) is 0.474. The number of oxazole rings is 1. The van der Waals surface area contributed by atoms with Crippen molar-refractivity contribution in [1.29, 1.82) is 0 Å². The maximum absolute atomic E-state index is 13.7. The molecule has 0 N–H and O–H groups in total. The van der Waals surface area contributed by atoms with Gasteiger partial charge in [0.1, 0.15) is 5.82 Å². The van der Waals surface area contributed by atoms with Gasteiger partial charge < -0.3 is 14.1 Å². The molecule has 1 aliphatic carbocycles. The molecule has 1 atom stereocenters. The highest BCUT2D eigenvalue weighted by Gasteiger charge is 2.35. The summed E-state index contributed by atoms with van der Waals surface area (Å²) in [7, 11) is 0. The molecule has 0 bridgehead atoms. The van der Waals surface area contributed by atoms with Crippen molar-refractivity contribution in [3.63, 3.8) is 0 Å². The van der Waals surface area contributed by atoms with E-state index in [0.717, 1.165) is 31.4 Å². The Bertz CT molecular complexity index is 757. The van der Waals surface area contributed by atoms with Crippen molar-refractivity contribution in [3.05, 3.63) is 53.5 Å². The molecule has 2 aliphatic rings. The average molecular weight is 344 g/mol. The van der Waals surface area contributed by atoms with E-state index >= 15 is 0 Å². The highest BCUT2D eigenvalue weighted by molar-refractivity contribution is 5.92. The summed E-state index contributed by atoms with van der Waals surface area (Å²) in [5.41, 5.74) is 1.33. The monoisotopic (exact) mass is 344 g/mol. The number of likely N-dealkylation sites (tertiary alicyclic amines) is 1. The van der Waals surface area contributed by atoms with Gasteiger partial charge in [-0.05, 0) is 31.7 Å². The lowest BCUT2D eigenvalue weighted by atomic mass is 10.1. The lowest BCUT2D eigenvalue weighted by Gasteiger charge is -2.32. The van der Waals surface area contributed by atoms with Crippen molar-refractivity contribution in [1.82, 2.24) is 9.88 Å². The number of hydrogen-bond donors (Lipinski definition) is 0. The topological polar surface area (TPSA) is 55.6 Å². The van der Waals surface area contributed by atoms with Crippen LogP contribution in [0.2, 0.25) is 0 Å². The number of benzene rings is 1. The first-order chi connectivity index (χ1) is 12.2. The summed E-state index contributed by atoms with van der Waals surface area (Å²) in [6.07, 6.45) is 5.13. The van der Waals surface area contributed by atoms with E-state index in [4.69, 9.17) is 9.15 Å². The largest absolute Gasteiger partial charge is 0.438 e. The van der Waals surface area contributed by atoms with Gasteiger partial charge in [-0.1, -0.05) is 18.2 Å². The fourth-order valence-electron chi connectivity index (χ4n) is 3.29. The van der Waals surface area contributed by atoms with Gasteiger partial charge in [0.25, 0.3) is 5.91 Å². The maximum Gasteiger partial charge on any atom is 0.291 e. The van der Waals surface area contributed by atoms with Crippen LogP contribution in [-0.2, 0) is 11.3 Å². The Hall–Kier alpha value is -2.21. The van der Waals surface area contributed by atoms with Crippen molar-refractivity contribution >= 4 is 5.91 Å². The van der Waals surface area contributed by atoms with E-state index < -0.39 is 0 Å². The standard InChI is InChI=1S/C19H21FN2O3/c20-16-6-2-1-4-14(16)11-24-15-5-3-9-22(10-15)19(23)18-17(13-7-8-13)21-12-25-18/h1-2,4,6,12-13,15H,3,5,7-11H2/t15-/m0/s1. The molecule has 0 unspecified atom stereocenters. The Labute approximate surface area is 145 Å². The second-order valence-corrected chi connectivity index (χ2v) is 6.76. The number of carbonyl (C=O) groups is 1. The molecule has 2 fully saturated rings. The van der Waals surface area contributed by atoms with Crippen LogP contribution in [0.15, 0.2) is 35.1 Å². The van der Waals surface area contributed by atoms with E-state index in [0.29, 0.717) is 30.3 Å². The van der Waals surface area contributed by atoms with E-state index in [9.17, 15) is 9.18 Å². The van der Waals surface area contributed by atoms with Crippen molar-refractivity contribution in [2.75, 3.05) is 13.1 Å². The van der Waals surface area contributed by atoms with Gasteiger partial charge >= 0.3 is 0 Å². The first kappa shape index (κ1) is 16.3. The van der Waals surface area contributed by atoms with Crippen molar-refractivity contribution in [2.24, 2.45) is 0 Å². The van der Waals surface area contributed by atoms with E-state index in [2.05, 4.69) is 4.98 Å². The van der Waals surface area contributed by atoms with Crippen molar-refractivity contribution in [2.45, 2.75) is 44.3 Å². The van der Waals surface area contributed by atoms with E-state index in [1.54, 1.807) is 23.1 Å². The lowest BCUT2D eigenvalue weighted by molar-refractivity contribution is -0.00845. The molecule has 1 aliphatic heterocycles.